The van der Waals surface area contributed by atoms with Crippen LogP contribution in [-0.4, -0.2) is 0 Å². The Hall–Kier alpha value is -1.84. The van der Waals surface area contributed by atoms with E-state index >= 15 is 0 Å². The first-order chi connectivity index (χ1) is 11.5. The zero-order valence-electron chi connectivity index (χ0n) is 13.5. The van der Waals surface area contributed by atoms with Gasteiger partial charge in [0.05, 0.1) is 0 Å². The second-order valence-electron chi connectivity index (χ2n) is 7.00. The summed E-state index contributed by atoms with van der Waals surface area (Å²) in [5, 5.41) is 0. The SMILES string of the molecule is Cc1cc2c(c(F)c1F)-c1c(cc(C3CCCCC3)c(F)c1F)C2. The summed E-state index contributed by atoms with van der Waals surface area (Å²) in [5.74, 6) is -3.97. The third kappa shape index (κ3) is 2.19. The Balaban J connectivity index is 1.89. The summed E-state index contributed by atoms with van der Waals surface area (Å²) in [4.78, 5) is 0. The van der Waals surface area contributed by atoms with E-state index in [-0.39, 0.29) is 22.6 Å². The van der Waals surface area contributed by atoms with Gasteiger partial charge in [-0.15, -0.1) is 0 Å². The highest BCUT2D eigenvalue weighted by atomic mass is 19.2. The number of fused-ring (bicyclic) bond motifs is 3. The Morgan fingerprint density at radius 2 is 1.33 bits per heavy atom. The number of hydrogen-bond acceptors (Lipinski definition) is 0. The Bertz CT molecular complexity index is 833. The van der Waals surface area contributed by atoms with Crippen molar-refractivity contribution in [1.82, 2.24) is 0 Å². The molecule has 0 atom stereocenters. The van der Waals surface area contributed by atoms with Crippen LogP contribution in [0.3, 0.4) is 0 Å². The average Bonchev–Trinajstić information content (AvgIpc) is 2.95. The summed E-state index contributed by atoms with van der Waals surface area (Å²) in [6, 6.07) is 3.21. The van der Waals surface area contributed by atoms with E-state index in [9.17, 15) is 17.6 Å². The highest BCUT2D eigenvalue weighted by molar-refractivity contribution is 5.79. The molecule has 2 aromatic rings. The lowest BCUT2D eigenvalue weighted by Crippen LogP contribution is -2.09. The second-order valence-corrected chi connectivity index (χ2v) is 7.00. The minimum Gasteiger partial charge on any atom is -0.203 e. The molecule has 24 heavy (non-hydrogen) atoms. The molecule has 0 aliphatic heterocycles. The van der Waals surface area contributed by atoms with E-state index in [1.165, 1.54) is 13.0 Å². The minimum absolute atomic E-state index is 0.0191. The predicted molar refractivity (Wildman–Crippen MR) is 85.1 cm³/mol. The lowest BCUT2D eigenvalue weighted by atomic mass is 9.82. The molecule has 1 fully saturated rings. The molecule has 0 amide bonds. The summed E-state index contributed by atoms with van der Waals surface area (Å²) in [5.41, 5.74) is 1.47. The molecule has 0 N–H and O–H groups in total. The lowest BCUT2D eigenvalue weighted by molar-refractivity contribution is 0.417. The summed E-state index contributed by atoms with van der Waals surface area (Å²) in [7, 11) is 0. The summed E-state index contributed by atoms with van der Waals surface area (Å²) < 4.78 is 57.6. The van der Waals surface area contributed by atoms with Crippen molar-refractivity contribution in [2.45, 2.75) is 51.4 Å². The molecular weight excluding hydrogens is 316 g/mol. The van der Waals surface area contributed by atoms with Gasteiger partial charge in [-0.25, -0.2) is 17.6 Å². The highest BCUT2D eigenvalue weighted by Crippen LogP contribution is 2.45. The van der Waals surface area contributed by atoms with Crippen molar-refractivity contribution in [2.75, 3.05) is 0 Å². The van der Waals surface area contributed by atoms with Gasteiger partial charge in [0.25, 0.3) is 0 Å². The first-order valence-corrected chi connectivity index (χ1v) is 8.47. The number of hydrogen-bond donors (Lipinski definition) is 0. The minimum atomic E-state index is -1.08. The standard InChI is InChI=1S/C20H18F4/c1-10-7-12-8-13-9-14(11-5-3-2-4-6-11)18(22)20(24)16(13)15(12)19(23)17(10)21/h7,9,11H,2-6,8H2,1H3. The Morgan fingerprint density at radius 1 is 0.750 bits per heavy atom. The van der Waals surface area contributed by atoms with Gasteiger partial charge in [0.2, 0.25) is 0 Å². The van der Waals surface area contributed by atoms with Crippen LogP contribution in [0.5, 0.6) is 0 Å². The first kappa shape index (κ1) is 15.7. The van der Waals surface area contributed by atoms with Crippen LogP contribution in [0.4, 0.5) is 17.6 Å². The largest absolute Gasteiger partial charge is 0.203 e. The Labute approximate surface area is 138 Å². The van der Waals surface area contributed by atoms with Crippen molar-refractivity contribution in [1.29, 1.82) is 0 Å². The molecule has 4 rings (SSSR count). The van der Waals surface area contributed by atoms with Crippen molar-refractivity contribution in [2.24, 2.45) is 0 Å². The van der Waals surface area contributed by atoms with Crippen molar-refractivity contribution in [3.63, 3.8) is 0 Å². The number of rotatable bonds is 1. The van der Waals surface area contributed by atoms with Gasteiger partial charge >= 0.3 is 0 Å². The van der Waals surface area contributed by atoms with Crippen LogP contribution in [0.15, 0.2) is 12.1 Å². The van der Waals surface area contributed by atoms with Crippen LogP contribution < -0.4 is 0 Å². The molecule has 0 heterocycles. The van der Waals surface area contributed by atoms with Crippen LogP contribution >= 0.6 is 0 Å². The van der Waals surface area contributed by atoms with E-state index in [4.69, 9.17) is 0 Å². The van der Waals surface area contributed by atoms with E-state index < -0.39 is 23.3 Å². The molecule has 126 valence electrons. The van der Waals surface area contributed by atoms with Crippen molar-refractivity contribution in [3.05, 3.63) is 57.7 Å². The zero-order valence-corrected chi connectivity index (χ0v) is 13.5. The quantitative estimate of drug-likeness (QED) is 0.467. The molecule has 0 saturated heterocycles. The van der Waals surface area contributed by atoms with Gasteiger partial charge < -0.3 is 0 Å². The van der Waals surface area contributed by atoms with E-state index in [2.05, 4.69) is 0 Å². The Kier molecular flexibility index (Phi) is 3.66. The fourth-order valence-electron chi connectivity index (χ4n) is 4.26. The smallest absolute Gasteiger partial charge is 0.167 e. The monoisotopic (exact) mass is 334 g/mol. The molecular formula is C20H18F4. The van der Waals surface area contributed by atoms with Crippen LogP contribution in [0.25, 0.3) is 11.1 Å². The van der Waals surface area contributed by atoms with Gasteiger partial charge in [-0.2, -0.15) is 0 Å². The van der Waals surface area contributed by atoms with Gasteiger partial charge in [-0.05, 0) is 54.4 Å². The van der Waals surface area contributed by atoms with Crippen LogP contribution in [0, 0.1) is 30.2 Å². The topological polar surface area (TPSA) is 0 Å². The molecule has 0 aromatic heterocycles. The summed E-state index contributed by atoms with van der Waals surface area (Å²) in [6.45, 7) is 1.48. The molecule has 0 nitrogen and oxygen atoms in total. The third-order valence-corrected chi connectivity index (χ3v) is 5.46. The molecule has 0 radical (unpaired) electrons. The molecule has 2 aliphatic carbocycles. The van der Waals surface area contributed by atoms with E-state index in [1.807, 2.05) is 0 Å². The maximum absolute atomic E-state index is 14.7. The number of halogens is 4. The second kappa shape index (κ2) is 5.61. The highest BCUT2D eigenvalue weighted by Gasteiger charge is 2.32. The summed E-state index contributed by atoms with van der Waals surface area (Å²) in [6.07, 6.45) is 5.18. The van der Waals surface area contributed by atoms with Gasteiger partial charge in [-0.1, -0.05) is 31.4 Å². The first-order valence-electron chi connectivity index (χ1n) is 8.47. The van der Waals surface area contributed by atoms with Crippen molar-refractivity contribution in [3.8, 4) is 11.1 Å². The van der Waals surface area contributed by atoms with Crippen LogP contribution in [0.2, 0.25) is 0 Å². The van der Waals surface area contributed by atoms with Crippen molar-refractivity contribution >= 4 is 0 Å². The maximum atomic E-state index is 14.7. The fraction of sp³-hybridized carbons (Fsp3) is 0.400. The van der Waals surface area contributed by atoms with Crippen LogP contribution in [-0.2, 0) is 6.42 Å². The predicted octanol–water partition coefficient (Wildman–Crippen LogP) is 6.17. The van der Waals surface area contributed by atoms with Gasteiger partial charge in [0.15, 0.2) is 23.3 Å². The molecule has 0 spiro atoms. The number of benzene rings is 2. The molecule has 2 aliphatic rings. The van der Waals surface area contributed by atoms with Gasteiger partial charge in [0.1, 0.15) is 0 Å². The van der Waals surface area contributed by atoms with E-state index in [0.717, 1.165) is 32.1 Å². The molecule has 1 saturated carbocycles. The van der Waals surface area contributed by atoms with E-state index in [0.29, 0.717) is 23.1 Å². The maximum Gasteiger partial charge on any atom is 0.167 e. The van der Waals surface area contributed by atoms with Gasteiger partial charge in [0, 0.05) is 11.1 Å². The molecule has 2 aromatic carbocycles. The fourth-order valence-corrected chi connectivity index (χ4v) is 4.26. The van der Waals surface area contributed by atoms with E-state index in [1.54, 1.807) is 6.07 Å². The van der Waals surface area contributed by atoms with Crippen molar-refractivity contribution < 1.29 is 17.6 Å². The summed E-state index contributed by atoms with van der Waals surface area (Å²) >= 11 is 0. The average molecular weight is 334 g/mol. The normalized spacial score (nSPS) is 17.0. The van der Waals surface area contributed by atoms with Crippen LogP contribution in [0.1, 0.15) is 60.3 Å². The molecule has 0 bridgehead atoms. The van der Waals surface area contributed by atoms with Gasteiger partial charge in [-0.3, -0.25) is 0 Å². The molecule has 4 heteroatoms. The third-order valence-electron chi connectivity index (χ3n) is 5.46. The zero-order chi connectivity index (χ0) is 17.0. The molecule has 0 unspecified atom stereocenters. The number of aryl methyl sites for hydroxylation is 1. The lowest BCUT2D eigenvalue weighted by Gasteiger charge is -2.23. The Morgan fingerprint density at radius 3 is 2.00 bits per heavy atom.